The van der Waals surface area contributed by atoms with Gasteiger partial charge in [-0.25, -0.2) is 9.59 Å². The van der Waals surface area contributed by atoms with Crippen LogP contribution in [0.4, 0.5) is 0 Å². The van der Waals surface area contributed by atoms with Gasteiger partial charge in [-0.3, -0.25) is 9.98 Å². The van der Waals surface area contributed by atoms with E-state index in [1.807, 2.05) is 0 Å². The van der Waals surface area contributed by atoms with Crippen LogP contribution in [0.1, 0.15) is 32.1 Å². The minimum absolute atomic E-state index is 0.0122. The second-order valence-corrected chi connectivity index (χ2v) is 5.20. The summed E-state index contributed by atoms with van der Waals surface area (Å²) in [7, 11) is 0. The van der Waals surface area contributed by atoms with Gasteiger partial charge < -0.3 is 39.1 Å². The predicted octanol–water partition coefficient (Wildman–Crippen LogP) is -2.79. The number of hydrogen-bond donors (Lipinski definition) is 6. The fraction of sp³-hybridized carbons (Fsp3) is 0.692. The summed E-state index contributed by atoms with van der Waals surface area (Å²) in [4.78, 5) is 30.9. The number of guanidine groups is 2. The lowest BCUT2D eigenvalue weighted by atomic mass is 10.1. The summed E-state index contributed by atoms with van der Waals surface area (Å²) in [5.74, 6) is -1.65. The van der Waals surface area contributed by atoms with Gasteiger partial charge in [-0.1, -0.05) is 0 Å². The van der Waals surface area contributed by atoms with Crippen LogP contribution in [-0.2, 0) is 14.3 Å². The van der Waals surface area contributed by atoms with Crippen LogP contribution < -0.4 is 34.4 Å². The molecule has 2 atom stereocenters. The van der Waals surface area contributed by atoms with Crippen LogP contribution in [0.3, 0.4) is 0 Å². The van der Waals surface area contributed by atoms with E-state index in [9.17, 15) is 9.59 Å². The van der Waals surface area contributed by atoms with Gasteiger partial charge in [-0.15, -0.1) is 0 Å². The Bertz CT molecular complexity index is 458. The number of esters is 2. The van der Waals surface area contributed by atoms with E-state index in [0.29, 0.717) is 38.8 Å². The van der Waals surface area contributed by atoms with Crippen molar-refractivity contribution in [3.63, 3.8) is 0 Å². The van der Waals surface area contributed by atoms with Crippen LogP contribution in [0.15, 0.2) is 9.98 Å². The van der Waals surface area contributed by atoms with Crippen LogP contribution >= 0.6 is 0 Å². The second kappa shape index (κ2) is 12.1. The Labute approximate surface area is 140 Å². The maximum absolute atomic E-state index is 11.7. The molecule has 0 saturated carbocycles. The lowest BCUT2D eigenvalue weighted by molar-refractivity contribution is -0.161. The standard InChI is InChI=1S/C13H28N8O3/c14-8(4-1-2-6-20-12(16)17)10(22)24-11(23)9(15)5-3-7-21-13(18)19/h8-9H,1-7,14-15H2,(H4,16,17,20)(H4,18,19,21)/t8?,9-/m0/s1. The molecule has 0 aromatic carbocycles. The molecule has 0 aliphatic rings. The number of nitrogens with zero attached hydrogens (tertiary/aromatic N) is 2. The third-order valence-electron chi connectivity index (χ3n) is 2.99. The molecule has 24 heavy (non-hydrogen) atoms. The molecule has 11 nitrogen and oxygen atoms in total. The summed E-state index contributed by atoms with van der Waals surface area (Å²) in [5, 5.41) is 0. The molecule has 0 aliphatic heterocycles. The van der Waals surface area contributed by atoms with Crippen molar-refractivity contribution in [3.8, 4) is 0 Å². The molecule has 0 spiro atoms. The Hall–Kier alpha value is -2.40. The van der Waals surface area contributed by atoms with Crippen LogP contribution in [0.2, 0.25) is 0 Å². The number of unbranched alkanes of at least 4 members (excludes halogenated alkanes) is 1. The average molecular weight is 344 g/mol. The second-order valence-electron chi connectivity index (χ2n) is 5.20. The number of hydrogen-bond acceptors (Lipinski definition) is 7. The summed E-state index contributed by atoms with van der Waals surface area (Å²) in [6.45, 7) is 0.788. The summed E-state index contributed by atoms with van der Waals surface area (Å²) in [6, 6.07) is -1.83. The van der Waals surface area contributed by atoms with Gasteiger partial charge in [0, 0.05) is 13.1 Å². The molecule has 0 aromatic heterocycles. The monoisotopic (exact) mass is 344 g/mol. The summed E-state index contributed by atoms with van der Waals surface area (Å²) < 4.78 is 4.67. The van der Waals surface area contributed by atoms with E-state index in [-0.39, 0.29) is 18.3 Å². The third-order valence-corrected chi connectivity index (χ3v) is 2.99. The first kappa shape index (κ1) is 21.6. The van der Waals surface area contributed by atoms with Gasteiger partial charge in [-0.05, 0) is 32.1 Å². The molecular weight excluding hydrogens is 316 g/mol. The quantitative estimate of drug-likeness (QED) is 0.0747. The first-order chi connectivity index (χ1) is 11.2. The van der Waals surface area contributed by atoms with Gasteiger partial charge >= 0.3 is 11.9 Å². The van der Waals surface area contributed by atoms with Crippen molar-refractivity contribution in [2.24, 2.45) is 44.4 Å². The lowest BCUT2D eigenvalue weighted by Gasteiger charge is -2.13. The molecule has 0 radical (unpaired) electrons. The zero-order chi connectivity index (χ0) is 18.5. The van der Waals surface area contributed by atoms with E-state index < -0.39 is 24.0 Å². The summed E-state index contributed by atoms with van der Waals surface area (Å²) in [5.41, 5.74) is 32.0. The maximum Gasteiger partial charge on any atom is 0.330 e. The fourth-order valence-corrected chi connectivity index (χ4v) is 1.69. The smallest absolute Gasteiger partial charge is 0.330 e. The van der Waals surface area contributed by atoms with Gasteiger partial charge in [-0.2, -0.15) is 0 Å². The van der Waals surface area contributed by atoms with E-state index in [0.717, 1.165) is 0 Å². The SMILES string of the molecule is NC(N)=NCCCCC(N)C(=O)OC(=O)[C@@H](N)CCCN=C(N)N. The topological polar surface area (TPSA) is 224 Å². The molecule has 0 aromatic rings. The van der Waals surface area contributed by atoms with Crippen LogP contribution in [-0.4, -0.2) is 49.0 Å². The highest BCUT2D eigenvalue weighted by Crippen LogP contribution is 2.04. The number of carbonyl (C=O) groups is 2. The van der Waals surface area contributed by atoms with Crippen molar-refractivity contribution in [1.29, 1.82) is 0 Å². The average Bonchev–Trinajstić information content (AvgIpc) is 2.49. The minimum Gasteiger partial charge on any atom is -0.391 e. The van der Waals surface area contributed by atoms with Gasteiger partial charge in [0.15, 0.2) is 11.9 Å². The molecule has 12 N–H and O–H groups in total. The Kier molecular flexibility index (Phi) is 10.9. The normalized spacial score (nSPS) is 12.8. The highest BCUT2D eigenvalue weighted by Gasteiger charge is 2.22. The number of carbonyl (C=O) groups excluding carboxylic acids is 2. The van der Waals surface area contributed by atoms with Crippen LogP contribution in [0.25, 0.3) is 0 Å². The van der Waals surface area contributed by atoms with Crippen molar-refractivity contribution in [2.45, 2.75) is 44.2 Å². The Morgan fingerprint density at radius 3 is 1.62 bits per heavy atom. The summed E-state index contributed by atoms with van der Waals surface area (Å²) in [6.07, 6.45) is 2.41. The molecule has 11 heteroatoms. The molecule has 0 heterocycles. The maximum atomic E-state index is 11.7. The van der Waals surface area contributed by atoms with E-state index in [4.69, 9.17) is 34.4 Å². The largest absolute Gasteiger partial charge is 0.391 e. The van der Waals surface area contributed by atoms with Crippen molar-refractivity contribution in [2.75, 3.05) is 13.1 Å². The molecule has 1 unspecified atom stereocenters. The fourth-order valence-electron chi connectivity index (χ4n) is 1.69. The molecular formula is C13H28N8O3. The predicted molar refractivity (Wildman–Crippen MR) is 91.5 cm³/mol. The lowest BCUT2D eigenvalue weighted by Crippen LogP contribution is -2.39. The van der Waals surface area contributed by atoms with E-state index in [1.54, 1.807) is 0 Å². The molecule has 0 aliphatic carbocycles. The molecule has 0 saturated heterocycles. The zero-order valence-corrected chi connectivity index (χ0v) is 13.7. The third kappa shape index (κ3) is 11.2. The van der Waals surface area contributed by atoms with Crippen molar-refractivity contribution < 1.29 is 14.3 Å². The van der Waals surface area contributed by atoms with Gasteiger partial charge in [0.25, 0.3) is 0 Å². The number of ether oxygens (including phenoxy) is 1. The molecule has 138 valence electrons. The van der Waals surface area contributed by atoms with E-state index in [2.05, 4.69) is 14.7 Å². The first-order valence-electron chi connectivity index (χ1n) is 7.61. The first-order valence-corrected chi connectivity index (χ1v) is 7.61. The van der Waals surface area contributed by atoms with Crippen LogP contribution in [0, 0.1) is 0 Å². The molecule has 0 amide bonds. The van der Waals surface area contributed by atoms with Crippen molar-refractivity contribution >= 4 is 23.9 Å². The minimum atomic E-state index is -0.933. The van der Waals surface area contributed by atoms with Crippen molar-refractivity contribution in [3.05, 3.63) is 0 Å². The highest BCUT2D eigenvalue weighted by atomic mass is 16.6. The molecule has 0 bridgehead atoms. The van der Waals surface area contributed by atoms with Gasteiger partial charge in [0.05, 0.1) is 0 Å². The molecule has 0 rings (SSSR count). The van der Waals surface area contributed by atoms with E-state index in [1.165, 1.54) is 0 Å². The van der Waals surface area contributed by atoms with Crippen LogP contribution in [0.5, 0.6) is 0 Å². The van der Waals surface area contributed by atoms with Crippen molar-refractivity contribution in [1.82, 2.24) is 0 Å². The summed E-state index contributed by atoms with van der Waals surface area (Å²) >= 11 is 0. The Morgan fingerprint density at radius 2 is 1.17 bits per heavy atom. The number of rotatable bonds is 11. The molecule has 0 fully saturated rings. The number of aliphatic imine (C=N–C) groups is 2. The Morgan fingerprint density at radius 1 is 0.750 bits per heavy atom. The number of nitrogens with two attached hydrogens (primary N) is 6. The Balaban J connectivity index is 3.99. The highest BCUT2D eigenvalue weighted by molar-refractivity contribution is 5.90. The van der Waals surface area contributed by atoms with Gasteiger partial charge in [0.2, 0.25) is 0 Å². The van der Waals surface area contributed by atoms with E-state index >= 15 is 0 Å². The zero-order valence-electron chi connectivity index (χ0n) is 13.7. The van der Waals surface area contributed by atoms with Gasteiger partial charge in [0.1, 0.15) is 12.1 Å².